The Bertz CT molecular complexity index is 654. The quantitative estimate of drug-likeness (QED) is 0.883. The van der Waals surface area contributed by atoms with E-state index in [0.29, 0.717) is 12.4 Å². The monoisotopic (exact) mass is 302 g/mol. The summed E-state index contributed by atoms with van der Waals surface area (Å²) in [7, 11) is 1.68. The first-order valence-corrected chi connectivity index (χ1v) is 6.85. The van der Waals surface area contributed by atoms with E-state index in [1.807, 2.05) is 37.3 Å². The van der Waals surface area contributed by atoms with Crippen molar-refractivity contribution in [3.63, 3.8) is 0 Å². The summed E-state index contributed by atoms with van der Waals surface area (Å²) in [6.45, 7) is 1.92. The normalized spacial score (nSPS) is 13.0. The number of halogens is 1. The van der Waals surface area contributed by atoms with E-state index in [1.165, 1.54) is 0 Å². The van der Waals surface area contributed by atoms with Gasteiger partial charge in [0, 0.05) is 7.05 Å². The smallest absolute Gasteiger partial charge is 0.230 e. The molecule has 0 radical (unpaired) electrons. The Balaban J connectivity index is 2.42. The van der Waals surface area contributed by atoms with Gasteiger partial charge in [-0.25, -0.2) is 0 Å². The van der Waals surface area contributed by atoms with Crippen molar-refractivity contribution in [3.05, 3.63) is 41.2 Å². The molecule has 21 heavy (non-hydrogen) atoms. The summed E-state index contributed by atoms with van der Waals surface area (Å²) in [5, 5.41) is 15.6. The molecule has 1 atom stereocenters. The molecule has 7 heteroatoms. The number of benzene rings is 1. The third-order valence-electron chi connectivity index (χ3n) is 3.14. The van der Waals surface area contributed by atoms with Crippen molar-refractivity contribution >= 4 is 23.5 Å². The second-order valence-corrected chi connectivity index (χ2v) is 4.70. The fraction of sp³-hybridized carbons (Fsp3) is 0.286. The molecule has 0 fully saturated rings. The van der Waals surface area contributed by atoms with Crippen LogP contribution in [0.3, 0.4) is 0 Å². The maximum absolute atomic E-state index is 9.65. The van der Waals surface area contributed by atoms with E-state index in [2.05, 4.69) is 31.7 Å². The number of nitriles is 1. The summed E-state index contributed by atoms with van der Waals surface area (Å²) >= 11 is 5.86. The number of anilines is 2. The predicted molar refractivity (Wildman–Crippen MR) is 82.0 cm³/mol. The van der Waals surface area contributed by atoms with Gasteiger partial charge >= 0.3 is 0 Å². The summed E-state index contributed by atoms with van der Waals surface area (Å²) in [4.78, 5) is 12.1. The molecule has 0 saturated heterocycles. The van der Waals surface area contributed by atoms with Crippen molar-refractivity contribution in [1.29, 1.82) is 5.26 Å². The van der Waals surface area contributed by atoms with Crippen molar-refractivity contribution in [2.45, 2.75) is 18.9 Å². The lowest BCUT2D eigenvalue weighted by atomic mass is 9.89. The topological polar surface area (TPSA) is 86.5 Å². The second-order valence-electron chi connectivity index (χ2n) is 4.36. The fourth-order valence-electron chi connectivity index (χ4n) is 1.97. The van der Waals surface area contributed by atoms with Crippen LogP contribution in [0, 0.1) is 11.3 Å². The molecule has 2 rings (SSSR count). The zero-order valence-corrected chi connectivity index (χ0v) is 12.5. The van der Waals surface area contributed by atoms with Crippen LogP contribution in [0.15, 0.2) is 30.3 Å². The summed E-state index contributed by atoms with van der Waals surface area (Å²) in [6, 6.07) is 11.8. The van der Waals surface area contributed by atoms with Gasteiger partial charge in [-0.3, -0.25) is 0 Å². The molecule has 0 spiro atoms. The maximum atomic E-state index is 9.65. The minimum atomic E-state index is -0.920. The van der Waals surface area contributed by atoms with Crippen LogP contribution >= 0.6 is 11.6 Å². The number of rotatable bonds is 5. The van der Waals surface area contributed by atoms with E-state index in [1.54, 1.807) is 7.05 Å². The lowest BCUT2D eigenvalue weighted by Gasteiger charge is -2.27. The molecule has 108 valence electrons. The molecule has 0 amide bonds. The van der Waals surface area contributed by atoms with Crippen LogP contribution in [0.25, 0.3) is 0 Å². The Labute approximate surface area is 128 Å². The van der Waals surface area contributed by atoms with Gasteiger partial charge in [-0.1, -0.05) is 37.3 Å². The highest BCUT2D eigenvalue weighted by Crippen LogP contribution is 2.28. The van der Waals surface area contributed by atoms with Crippen molar-refractivity contribution < 1.29 is 0 Å². The van der Waals surface area contributed by atoms with Gasteiger partial charge in [0.1, 0.15) is 0 Å². The van der Waals surface area contributed by atoms with E-state index in [-0.39, 0.29) is 11.2 Å². The molecule has 0 bridgehead atoms. The van der Waals surface area contributed by atoms with E-state index in [0.717, 1.165) is 5.56 Å². The fourth-order valence-corrected chi connectivity index (χ4v) is 2.13. The van der Waals surface area contributed by atoms with Gasteiger partial charge < -0.3 is 10.6 Å². The van der Waals surface area contributed by atoms with Crippen LogP contribution in [-0.2, 0) is 5.54 Å². The van der Waals surface area contributed by atoms with Gasteiger partial charge in [-0.2, -0.15) is 20.2 Å². The van der Waals surface area contributed by atoms with Crippen LogP contribution in [0.4, 0.5) is 11.9 Å². The molecular formula is C14H15ClN6. The molecule has 6 nitrogen and oxygen atoms in total. The molecule has 0 aliphatic carbocycles. The van der Waals surface area contributed by atoms with Gasteiger partial charge in [0.25, 0.3) is 0 Å². The van der Waals surface area contributed by atoms with Crippen molar-refractivity contribution in [2.75, 3.05) is 17.7 Å². The summed E-state index contributed by atoms with van der Waals surface area (Å²) in [6.07, 6.45) is 0.547. The first kappa shape index (κ1) is 15.0. The number of nitrogens with zero attached hydrogens (tertiary/aromatic N) is 4. The molecule has 1 unspecified atom stereocenters. The largest absolute Gasteiger partial charge is 0.357 e. The van der Waals surface area contributed by atoms with Gasteiger partial charge in [0.15, 0.2) is 5.54 Å². The zero-order chi connectivity index (χ0) is 15.3. The average Bonchev–Trinajstić information content (AvgIpc) is 2.53. The first-order valence-electron chi connectivity index (χ1n) is 6.48. The van der Waals surface area contributed by atoms with Crippen LogP contribution < -0.4 is 10.6 Å². The lowest BCUT2D eigenvalue weighted by Crippen LogP contribution is -2.34. The molecule has 0 aliphatic heterocycles. The Morgan fingerprint density at radius 3 is 2.43 bits per heavy atom. The standard InChI is InChI=1S/C14H15ClN6/c1-3-14(9-16,10-7-5-4-6-8-10)21-13-19-11(15)18-12(17-2)20-13/h4-8H,3H2,1-2H3,(H2,17,18,19,20,21). The number of aromatic nitrogens is 3. The maximum Gasteiger partial charge on any atom is 0.230 e. The van der Waals surface area contributed by atoms with Gasteiger partial charge in [-0.05, 0) is 23.6 Å². The van der Waals surface area contributed by atoms with Crippen molar-refractivity contribution in [1.82, 2.24) is 15.0 Å². The zero-order valence-electron chi connectivity index (χ0n) is 11.8. The van der Waals surface area contributed by atoms with Crippen LogP contribution in [0.2, 0.25) is 5.28 Å². The summed E-state index contributed by atoms with van der Waals surface area (Å²) in [5.41, 5.74) is -0.0747. The number of hydrogen-bond acceptors (Lipinski definition) is 6. The minimum absolute atomic E-state index is 0.0628. The molecule has 1 aromatic heterocycles. The van der Waals surface area contributed by atoms with E-state index in [4.69, 9.17) is 11.6 Å². The first-order chi connectivity index (χ1) is 10.1. The lowest BCUT2D eigenvalue weighted by molar-refractivity contribution is 0.597. The highest BCUT2D eigenvalue weighted by molar-refractivity contribution is 6.28. The van der Waals surface area contributed by atoms with Gasteiger partial charge in [0.05, 0.1) is 6.07 Å². The Morgan fingerprint density at radius 2 is 1.86 bits per heavy atom. The molecule has 1 aromatic carbocycles. The van der Waals surface area contributed by atoms with Crippen LogP contribution in [0.1, 0.15) is 18.9 Å². The molecular weight excluding hydrogens is 288 g/mol. The molecule has 2 aromatic rings. The number of nitrogens with one attached hydrogen (secondary N) is 2. The van der Waals surface area contributed by atoms with Gasteiger partial charge in [-0.15, -0.1) is 0 Å². The average molecular weight is 303 g/mol. The summed E-state index contributed by atoms with van der Waals surface area (Å²) in [5.74, 6) is 0.597. The Kier molecular flexibility index (Phi) is 4.55. The van der Waals surface area contributed by atoms with Crippen LogP contribution in [0.5, 0.6) is 0 Å². The second kappa shape index (κ2) is 6.37. The highest BCUT2D eigenvalue weighted by Gasteiger charge is 2.31. The molecule has 2 N–H and O–H groups in total. The van der Waals surface area contributed by atoms with E-state index < -0.39 is 5.54 Å². The Hall–Kier alpha value is -2.39. The molecule has 0 aliphatic rings. The van der Waals surface area contributed by atoms with Crippen molar-refractivity contribution in [2.24, 2.45) is 0 Å². The SMILES string of the molecule is CCC(C#N)(Nc1nc(Cl)nc(NC)n1)c1ccccc1. The van der Waals surface area contributed by atoms with Crippen LogP contribution in [-0.4, -0.2) is 22.0 Å². The predicted octanol–water partition coefficient (Wildman–Crippen LogP) is 2.81. The molecule has 0 saturated carbocycles. The minimum Gasteiger partial charge on any atom is -0.357 e. The highest BCUT2D eigenvalue weighted by atomic mass is 35.5. The molecule has 1 heterocycles. The van der Waals surface area contributed by atoms with Crippen molar-refractivity contribution in [3.8, 4) is 6.07 Å². The number of hydrogen-bond donors (Lipinski definition) is 2. The third-order valence-corrected chi connectivity index (χ3v) is 3.31. The Morgan fingerprint density at radius 1 is 1.19 bits per heavy atom. The third kappa shape index (κ3) is 3.20. The van der Waals surface area contributed by atoms with E-state index >= 15 is 0 Å². The summed E-state index contributed by atoms with van der Waals surface area (Å²) < 4.78 is 0. The van der Waals surface area contributed by atoms with E-state index in [9.17, 15) is 5.26 Å². The van der Waals surface area contributed by atoms with Gasteiger partial charge in [0.2, 0.25) is 17.2 Å².